The summed E-state index contributed by atoms with van der Waals surface area (Å²) in [6, 6.07) is 38.1. The smallest absolute Gasteiger partial charge is 0.160 e. The van der Waals surface area contributed by atoms with E-state index in [2.05, 4.69) is 84.9 Å². The molecule has 2 nitrogen and oxygen atoms in total. The summed E-state index contributed by atoms with van der Waals surface area (Å²) >= 11 is 1.81. The van der Waals surface area contributed by atoms with Gasteiger partial charge in [0.25, 0.3) is 0 Å². The summed E-state index contributed by atoms with van der Waals surface area (Å²) in [5, 5.41) is 6.29. The van der Waals surface area contributed by atoms with Crippen LogP contribution in [0.3, 0.4) is 0 Å². The lowest BCUT2D eigenvalue weighted by molar-refractivity contribution is 1.24. The average Bonchev–Trinajstić information content (AvgIpc) is 3.29. The van der Waals surface area contributed by atoms with Crippen molar-refractivity contribution in [1.29, 1.82) is 0 Å². The molecule has 0 fully saturated rings. The molecule has 33 heavy (non-hydrogen) atoms. The predicted octanol–water partition coefficient (Wildman–Crippen LogP) is 8.48. The van der Waals surface area contributed by atoms with Crippen LogP contribution in [0.4, 0.5) is 0 Å². The third kappa shape index (κ3) is 2.80. The Morgan fingerprint density at radius 3 is 1.70 bits per heavy atom. The Hall–Kier alpha value is -4.08. The fourth-order valence-electron chi connectivity index (χ4n) is 4.78. The highest BCUT2D eigenvalue weighted by atomic mass is 32.1. The van der Waals surface area contributed by atoms with Crippen LogP contribution in [0.25, 0.3) is 64.5 Å². The molecule has 2 aromatic heterocycles. The van der Waals surface area contributed by atoms with Gasteiger partial charge in [-0.2, -0.15) is 0 Å². The zero-order valence-corrected chi connectivity index (χ0v) is 18.5. The molecule has 0 spiro atoms. The summed E-state index contributed by atoms with van der Waals surface area (Å²) < 4.78 is 2.41. The molecule has 0 aliphatic heterocycles. The number of hydrogen-bond acceptors (Lipinski definition) is 3. The molecule has 0 bridgehead atoms. The maximum absolute atomic E-state index is 5.18. The first-order valence-corrected chi connectivity index (χ1v) is 11.8. The lowest BCUT2D eigenvalue weighted by atomic mass is 9.98. The van der Waals surface area contributed by atoms with Crippen molar-refractivity contribution in [2.75, 3.05) is 0 Å². The van der Waals surface area contributed by atoms with Crippen LogP contribution < -0.4 is 0 Å². The van der Waals surface area contributed by atoms with Crippen LogP contribution in [0.2, 0.25) is 0 Å². The van der Waals surface area contributed by atoms with Gasteiger partial charge in [0.2, 0.25) is 0 Å². The third-order valence-electron chi connectivity index (χ3n) is 6.27. The Morgan fingerprint density at radius 1 is 0.455 bits per heavy atom. The first-order chi connectivity index (χ1) is 16.4. The number of thiophene rings is 1. The van der Waals surface area contributed by atoms with Gasteiger partial charge in [0.05, 0.1) is 15.9 Å². The van der Waals surface area contributed by atoms with E-state index in [0.29, 0.717) is 0 Å². The van der Waals surface area contributed by atoms with Gasteiger partial charge >= 0.3 is 0 Å². The molecule has 0 aliphatic rings. The van der Waals surface area contributed by atoms with Crippen LogP contribution >= 0.6 is 11.3 Å². The van der Waals surface area contributed by atoms with E-state index in [0.717, 1.165) is 32.9 Å². The van der Waals surface area contributed by atoms with Crippen molar-refractivity contribution in [2.45, 2.75) is 0 Å². The van der Waals surface area contributed by atoms with Gasteiger partial charge in [-0.25, -0.2) is 9.97 Å². The van der Waals surface area contributed by atoms with Gasteiger partial charge in [-0.05, 0) is 16.2 Å². The summed E-state index contributed by atoms with van der Waals surface area (Å²) in [5.41, 5.74) is 4.17. The molecule has 3 heteroatoms. The standard InChI is InChI=1S/C30H18N2S/c1-3-11-19(12-4-1)26-29-27(32-30(31-26)20-13-5-2-6-14-20)25-23-17-9-7-15-21(23)22-16-8-10-18-24(22)28(25)33-29/h1-18H. The molecule has 0 saturated carbocycles. The van der Waals surface area contributed by atoms with Crippen molar-refractivity contribution in [1.82, 2.24) is 9.97 Å². The number of aromatic nitrogens is 2. The van der Waals surface area contributed by atoms with E-state index in [1.165, 1.54) is 31.6 Å². The maximum atomic E-state index is 5.18. The second kappa shape index (κ2) is 7.22. The minimum Gasteiger partial charge on any atom is -0.226 e. The fraction of sp³-hybridized carbons (Fsp3) is 0. The molecule has 0 radical (unpaired) electrons. The zero-order valence-electron chi connectivity index (χ0n) is 17.7. The molecule has 0 aliphatic carbocycles. The van der Waals surface area contributed by atoms with Gasteiger partial charge in [0.1, 0.15) is 0 Å². The summed E-state index contributed by atoms with van der Waals surface area (Å²) in [4.78, 5) is 10.3. The van der Waals surface area contributed by atoms with Gasteiger partial charge in [0, 0.05) is 26.6 Å². The van der Waals surface area contributed by atoms with Crippen molar-refractivity contribution >= 4 is 53.2 Å². The first-order valence-electron chi connectivity index (χ1n) is 11.0. The van der Waals surface area contributed by atoms with E-state index in [-0.39, 0.29) is 0 Å². The first kappa shape index (κ1) is 18.5. The largest absolute Gasteiger partial charge is 0.226 e. The predicted molar refractivity (Wildman–Crippen MR) is 141 cm³/mol. The second-order valence-electron chi connectivity index (χ2n) is 8.20. The zero-order chi connectivity index (χ0) is 21.8. The molecule has 0 saturated heterocycles. The quantitative estimate of drug-likeness (QED) is 0.253. The monoisotopic (exact) mass is 438 g/mol. The molecule has 5 aromatic carbocycles. The fourth-order valence-corrected chi connectivity index (χ4v) is 6.08. The van der Waals surface area contributed by atoms with Crippen LogP contribution in [-0.4, -0.2) is 9.97 Å². The molecule has 0 N–H and O–H groups in total. The van der Waals surface area contributed by atoms with Crippen molar-refractivity contribution in [2.24, 2.45) is 0 Å². The van der Waals surface area contributed by atoms with Gasteiger partial charge in [-0.15, -0.1) is 11.3 Å². The highest BCUT2D eigenvalue weighted by molar-refractivity contribution is 7.27. The molecular formula is C30H18N2S. The Morgan fingerprint density at radius 2 is 1.00 bits per heavy atom. The normalized spacial score (nSPS) is 11.6. The Balaban J connectivity index is 1.73. The Bertz CT molecular complexity index is 1800. The second-order valence-corrected chi connectivity index (χ2v) is 9.22. The molecule has 0 amide bonds. The topological polar surface area (TPSA) is 25.8 Å². The number of fused-ring (bicyclic) bond motifs is 8. The Kier molecular flexibility index (Phi) is 4.05. The van der Waals surface area contributed by atoms with Crippen molar-refractivity contribution in [3.05, 3.63) is 109 Å². The lowest BCUT2D eigenvalue weighted by Crippen LogP contribution is -1.93. The van der Waals surface area contributed by atoms with Crippen LogP contribution in [-0.2, 0) is 0 Å². The summed E-state index contributed by atoms with van der Waals surface area (Å²) in [6.45, 7) is 0. The van der Waals surface area contributed by atoms with E-state index in [1.54, 1.807) is 11.3 Å². The van der Waals surface area contributed by atoms with Crippen LogP contribution in [0.1, 0.15) is 0 Å². The average molecular weight is 439 g/mol. The van der Waals surface area contributed by atoms with Crippen molar-refractivity contribution < 1.29 is 0 Å². The molecule has 0 unspecified atom stereocenters. The molecule has 7 rings (SSSR count). The Labute approximate surface area is 194 Å². The molecular weight excluding hydrogens is 420 g/mol. The summed E-state index contributed by atoms with van der Waals surface area (Å²) in [5.74, 6) is 0.763. The molecule has 154 valence electrons. The van der Waals surface area contributed by atoms with E-state index in [1.807, 2.05) is 24.3 Å². The minimum absolute atomic E-state index is 0.763. The SMILES string of the molecule is c1ccc(-c2nc(-c3ccccc3)c3sc4c5ccccc5c5ccccc5c4c3n2)cc1. The molecule has 2 heterocycles. The molecule has 0 atom stereocenters. The van der Waals surface area contributed by atoms with E-state index >= 15 is 0 Å². The van der Waals surface area contributed by atoms with Crippen LogP contribution in [0, 0.1) is 0 Å². The van der Waals surface area contributed by atoms with E-state index < -0.39 is 0 Å². The molecule has 7 aromatic rings. The maximum Gasteiger partial charge on any atom is 0.160 e. The number of rotatable bonds is 2. The van der Waals surface area contributed by atoms with Crippen molar-refractivity contribution in [3.8, 4) is 22.6 Å². The van der Waals surface area contributed by atoms with Crippen LogP contribution in [0.5, 0.6) is 0 Å². The number of hydrogen-bond donors (Lipinski definition) is 0. The third-order valence-corrected chi connectivity index (χ3v) is 7.49. The number of nitrogens with zero attached hydrogens (tertiary/aromatic N) is 2. The highest BCUT2D eigenvalue weighted by Gasteiger charge is 2.20. The minimum atomic E-state index is 0.763. The van der Waals surface area contributed by atoms with E-state index in [9.17, 15) is 0 Å². The van der Waals surface area contributed by atoms with Gasteiger partial charge in [-0.1, -0.05) is 109 Å². The van der Waals surface area contributed by atoms with E-state index in [4.69, 9.17) is 9.97 Å². The highest BCUT2D eigenvalue weighted by Crippen LogP contribution is 2.45. The van der Waals surface area contributed by atoms with Gasteiger partial charge in [0.15, 0.2) is 5.82 Å². The van der Waals surface area contributed by atoms with Gasteiger partial charge < -0.3 is 0 Å². The number of benzene rings is 5. The van der Waals surface area contributed by atoms with Crippen LogP contribution in [0.15, 0.2) is 109 Å². The summed E-state index contributed by atoms with van der Waals surface area (Å²) in [7, 11) is 0. The lowest BCUT2D eigenvalue weighted by Gasteiger charge is -2.08. The van der Waals surface area contributed by atoms with Crippen molar-refractivity contribution in [3.63, 3.8) is 0 Å². The summed E-state index contributed by atoms with van der Waals surface area (Å²) in [6.07, 6.45) is 0. The van der Waals surface area contributed by atoms with Gasteiger partial charge in [-0.3, -0.25) is 0 Å².